The van der Waals surface area contributed by atoms with Gasteiger partial charge in [0.15, 0.2) is 0 Å². The van der Waals surface area contributed by atoms with Gasteiger partial charge in [-0.1, -0.05) is 28.9 Å². The van der Waals surface area contributed by atoms with E-state index in [1.54, 1.807) is 6.07 Å². The van der Waals surface area contributed by atoms with Gasteiger partial charge in [-0.15, -0.1) is 0 Å². The Balaban J connectivity index is 2.27. The van der Waals surface area contributed by atoms with Crippen LogP contribution in [0.2, 0.25) is 0 Å². The van der Waals surface area contributed by atoms with Crippen LogP contribution in [0, 0.1) is 3.57 Å². The number of phenols is 1. The van der Waals surface area contributed by atoms with Gasteiger partial charge >= 0.3 is 0 Å². The van der Waals surface area contributed by atoms with Crippen molar-refractivity contribution < 1.29 is 5.11 Å². The highest BCUT2D eigenvalue weighted by atomic mass is 127. The van der Waals surface area contributed by atoms with Crippen LogP contribution in [0.3, 0.4) is 0 Å². The number of hydrogen-bond acceptors (Lipinski definition) is 2. The molecule has 0 aromatic heterocycles. The molecular weight excluding hydrogens is 417 g/mol. The van der Waals surface area contributed by atoms with E-state index in [0.717, 1.165) is 22.1 Å². The van der Waals surface area contributed by atoms with Crippen molar-refractivity contribution in [3.8, 4) is 5.75 Å². The molecule has 0 heterocycles. The maximum Gasteiger partial charge on any atom is 0.120 e. The second kappa shape index (κ2) is 6.61. The Hall–Kier alpha value is -0.750. The highest BCUT2D eigenvalue weighted by Crippen LogP contribution is 2.32. The lowest BCUT2D eigenvalue weighted by atomic mass is 10.0. The van der Waals surface area contributed by atoms with Crippen LogP contribution in [-0.2, 0) is 0 Å². The molecule has 1 atom stereocenters. The van der Waals surface area contributed by atoms with E-state index in [0.29, 0.717) is 5.75 Å². The highest BCUT2D eigenvalue weighted by Gasteiger charge is 2.14. The summed E-state index contributed by atoms with van der Waals surface area (Å²) < 4.78 is 2.17. The van der Waals surface area contributed by atoms with Crippen LogP contribution in [0.25, 0.3) is 0 Å². The van der Waals surface area contributed by atoms with E-state index < -0.39 is 0 Å². The van der Waals surface area contributed by atoms with Gasteiger partial charge < -0.3 is 10.4 Å². The summed E-state index contributed by atoms with van der Waals surface area (Å²) in [5, 5.41) is 13.5. The first-order valence-corrected chi connectivity index (χ1v) is 7.98. The molecule has 2 rings (SSSR count). The fraction of sp³-hybridized carbons (Fsp3) is 0.200. The van der Waals surface area contributed by atoms with E-state index >= 15 is 0 Å². The summed E-state index contributed by atoms with van der Waals surface area (Å²) in [6.07, 6.45) is 0.898. The minimum Gasteiger partial charge on any atom is -0.508 e. The van der Waals surface area contributed by atoms with Crippen LogP contribution in [0.4, 0.5) is 5.69 Å². The smallest absolute Gasteiger partial charge is 0.120 e. The van der Waals surface area contributed by atoms with Gasteiger partial charge in [-0.05, 0) is 65.4 Å². The molecule has 0 aliphatic rings. The molecule has 2 nitrogen and oxygen atoms in total. The number of nitrogens with one attached hydrogen (secondary N) is 1. The molecular formula is C15H15BrINO. The average Bonchev–Trinajstić information content (AvgIpc) is 2.39. The average molecular weight is 432 g/mol. The zero-order chi connectivity index (χ0) is 13.8. The number of aromatic hydroxyl groups is 1. The van der Waals surface area contributed by atoms with Crippen molar-refractivity contribution >= 4 is 44.2 Å². The molecule has 0 bridgehead atoms. The second-order valence-electron chi connectivity index (χ2n) is 4.32. The lowest BCUT2D eigenvalue weighted by Crippen LogP contribution is -2.10. The lowest BCUT2D eigenvalue weighted by Gasteiger charge is -2.20. The summed E-state index contributed by atoms with van der Waals surface area (Å²) >= 11 is 5.74. The van der Waals surface area contributed by atoms with Crippen molar-refractivity contribution in [3.63, 3.8) is 0 Å². The first kappa shape index (κ1) is 14.7. The largest absolute Gasteiger partial charge is 0.508 e. The molecule has 0 saturated carbocycles. The predicted molar refractivity (Wildman–Crippen MR) is 91.6 cm³/mol. The zero-order valence-electron chi connectivity index (χ0n) is 10.5. The third kappa shape index (κ3) is 3.86. The number of benzene rings is 2. The maximum atomic E-state index is 10.0. The van der Waals surface area contributed by atoms with Crippen LogP contribution in [0.5, 0.6) is 5.75 Å². The van der Waals surface area contributed by atoms with E-state index in [1.165, 1.54) is 3.57 Å². The van der Waals surface area contributed by atoms with Crippen molar-refractivity contribution in [3.05, 3.63) is 56.1 Å². The zero-order valence-corrected chi connectivity index (χ0v) is 14.3. The van der Waals surface area contributed by atoms with Gasteiger partial charge in [0.1, 0.15) is 5.75 Å². The minimum atomic E-state index is 0.0932. The van der Waals surface area contributed by atoms with E-state index in [9.17, 15) is 5.11 Å². The molecule has 0 amide bonds. The van der Waals surface area contributed by atoms with Crippen molar-refractivity contribution in [1.82, 2.24) is 0 Å². The molecule has 0 saturated heterocycles. The van der Waals surface area contributed by atoms with Gasteiger partial charge in [-0.2, -0.15) is 0 Å². The number of hydrogen-bond donors (Lipinski definition) is 2. The van der Waals surface area contributed by atoms with Gasteiger partial charge in [0.05, 0.1) is 6.04 Å². The minimum absolute atomic E-state index is 0.0932. The van der Waals surface area contributed by atoms with Gasteiger partial charge in [0.2, 0.25) is 0 Å². The third-order valence-corrected chi connectivity index (χ3v) is 4.10. The van der Waals surface area contributed by atoms with E-state index in [1.807, 2.05) is 24.3 Å². The van der Waals surface area contributed by atoms with Crippen LogP contribution >= 0.6 is 38.5 Å². The fourth-order valence-corrected chi connectivity index (χ4v) is 2.91. The summed E-state index contributed by atoms with van der Waals surface area (Å²) in [7, 11) is 0. The molecule has 1 unspecified atom stereocenters. The Bertz CT molecular complexity index is 574. The second-order valence-corrected chi connectivity index (χ2v) is 6.48. The molecule has 0 aliphatic heterocycles. The Morgan fingerprint density at radius 1 is 1.26 bits per heavy atom. The fourth-order valence-electron chi connectivity index (χ4n) is 1.98. The van der Waals surface area contributed by atoms with Crippen LogP contribution in [0.1, 0.15) is 24.9 Å². The first-order chi connectivity index (χ1) is 9.10. The molecule has 0 spiro atoms. The summed E-state index contributed by atoms with van der Waals surface area (Å²) in [6.45, 7) is 2.10. The molecule has 19 heavy (non-hydrogen) atoms. The molecule has 100 valence electrons. The summed E-state index contributed by atoms with van der Waals surface area (Å²) in [5.74, 6) is 0.327. The number of phenolic OH excluding ortho intramolecular Hbond substituents is 1. The Kier molecular flexibility index (Phi) is 5.10. The number of rotatable bonds is 4. The van der Waals surface area contributed by atoms with Gasteiger partial charge in [0.25, 0.3) is 0 Å². The molecule has 0 fully saturated rings. The quantitative estimate of drug-likeness (QED) is 0.642. The van der Waals surface area contributed by atoms with Crippen molar-refractivity contribution in [1.29, 1.82) is 0 Å². The van der Waals surface area contributed by atoms with E-state index in [-0.39, 0.29) is 6.04 Å². The van der Waals surface area contributed by atoms with Crippen LogP contribution in [0.15, 0.2) is 46.9 Å². The Morgan fingerprint density at radius 3 is 2.74 bits per heavy atom. The van der Waals surface area contributed by atoms with E-state index in [2.05, 4.69) is 62.9 Å². The Labute approximate surface area is 135 Å². The Morgan fingerprint density at radius 2 is 2.05 bits per heavy atom. The van der Waals surface area contributed by atoms with Gasteiger partial charge in [0, 0.05) is 19.3 Å². The summed E-state index contributed by atoms with van der Waals surface area (Å²) in [4.78, 5) is 0. The SMILES string of the molecule is CCC(Nc1cccc(I)c1)c1cc(Br)ccc1O. The topological polar surface area (TPSA) is 32.3 Å². The van der Waals surface area contributed by atoms with Crippen LogP contribution < -0.4 is 5.32 Å². The van der Waals surface area contributed by atoms with E-state index in [4.69, 9.17) is 0 Å². The normalized spacial score (nSPS) is 12.2. The monoisotopic (exact) mass is 431 g/mol. The number of anilines is 1. The standard InChI is InChI=1S/C15H15BrINO/c1-2-14(13-8-10(16)6-7-15(13)19)18-12-5-3-4-11(17)9-12/h3-9,14,18-19H,2H2,1H3. The van der Waals surface area contributed by atoms with Crippen molar-refractivity contribution in [2.24, 2.45) is 0 Å². The van der Waals surface area contributed by atoms with Crippen LogP contribution in [-0.4, -0.2) is 5.11 Å². The lowest BCUT2D eigenvalue weighted by molar-refractivity contribution is 0.462. The molecule has 0 radical (unpaired) electrons. The summed E-state index contributed by atoms with van der Waals surface area (Å²) in [6, 6.07) is 13.8. The first-order valence-electron chi connectivity index (χ1n) is 6.10. The van der Waals surface area contributed by atoms with Crippen molar-refractivity contribution in [2.75, 3.05) is 5.32 Å². The molecule has 4 heteroatoms. The third-order valence-electron chi connectivity index (χ3n) is 2.94. The molecule has 2 aromatic carbocycles. The summed E-state index contributed by atoms with van der Waals surface area (Å²) in [5.41, 5.74) is 1.98. The van der Waals surface area contributed by atoms with Gasteiger partial charge in [-0.25, -0.2) is 0 Å². The molecule has 2 N–H and O–H groups in total. The maximum absolute atomic E-state index is 10.0. The predicted octanol–water partition coefficient (Wildman–Crippen LogP) is 5.32. The highest BCUT2D eigenvalue weighted by molar-refractivity contribution is 14.1. The molecule has 2 aromatic rings. The van der Waals surface area contributed by atoms with Crippen molar-refractivity contribution in [2.45, 2.75) is 19.4 Å². The number of halogens is 2. The van der Waals surface area contributed by atoms with Gasteiger partial charge in [-0.3, -0.25) is 0 Å². The molecule has 0 aliphatic carbocycles.